The van der Waals surface area contributed by atoms with Crippen LogP contribution in [0.25, 0.3) is 11.3 Å². The fourth-order valence-corrected chi connectivity index (χ4v) is 4.03. The van der Waals surface area contributed by atoms with Crippen LogP contribution in [0.5, 0.6) is 17.2 Å². The number of nitrogens with zero attached hydrogens (tertiary/aromatic N) is 2. The van der Waals surface area contributed by atoms with E-state index >= 15 is 0 Å². The van der Waals surface area contributed by atoms with Crippen molar-refractivity contribution in [2.75, 3.05) is 33.5 Å². The number of aromatic nitrogens is 2. The summed E-state index contributed by atoms with van der Waals surface area (Å²) in [7, 11) is 1.28. The van der Waals surface area contributed by atoms with Crippen LogP contribution in [0, 0.1) is 5.82 Å². The molecule has 2 aromatic heterocycles. The number of benzene rings is 1. The van der Waals surface area contributed by atoms with Gasteiger partial charge in [0.1, 0.15) is 30.4 Å². The number of nitrogens with one attached hydrogen (secondary N) is 1. The number of aliphatic hydroxyl groups excluding tert-OH is 1. The number of fused-ring (bicyclic) bond motifs is 1. The highest BCUT2D eigenvalue weighted by molar-refractivity contribution is 5.92. The molecule has 40 heavy (non-hydrogen) atoms. The zero-order valence-electron chi connectivity index (χ0n) is 21.4. The second-order valence-electron chi connectivity index (χ2n) is 9.28. The summed E-state index contributed by atoms with van der Waals surface area (Å²) in [6.45, 7) is -0.245. The number of ether oxygens (including phenoxy) is 3. The van der Waals surface area contributed by atoms with Crippen LogP contribution in [0.15, 0.2) is 42.6 Å². The van der Waals surface area contributed by atoms with E-state index in [2.05, 4.69) is 15.3 Å². The molecule has 0 aliphatic carbocycles. The number of hydrogen-bond donors (Lipinski definition) is 4. The molecule has 5 N–H and O–H groups in total. The van der Waals surface area contributed by atoms with Gasteiger partial charge >= 0.3 is 6.18 Å². The lowest BCUT2D eigenvalue weighted by molar-refractivity contribution is -0.265. The molecule has 1 aliphatic rings. The van der Waals surface area contributed by atoms with Gasteiger partial charge in [-0.1, -0.05) is 0 Å². The largest absolute Gasteiger partial charge is 0.493 e. The number of halogens is 4. The first-order valence-electron chi connectivity index (χ1n) is 11.9. The molecule has 0 saturated carbocycles. The lowest BCUT2D eigenvalue weighted by Gasteiger charge is -2.31. The topological polar surface area (TPSA) is 149 Å². The molecule has 0 fully saturated rings. The Morgan fingerprint density at radius 1 is 1.23 bits per heavy atom. The molecule has 214 valence electrons. The summed E-state index contributed by atoms with van der Waals surface area (Å²) in [6, 6.07) is 6.93. The summed E-state index contributed by atoms with van der Waals surface area (Å²) in [5, 5.41) is 22.0. The molecule has 1 aromatic carbocycles. The van der Waals surface area contributed by atoms with Crippen LogP contribution in [0.2, 0.25) is 0 Å². The number of carbonyl (C=O) groups is 1. The van der Waals surface area contributed by atoms with Gasteiger partial charge in [-0.3, -0.25) is 4.79 Å². The normalized spacial score (nSPS) is 17.9. The highest BCUT2D eigenvalue weighted by Crippen LogP contribution is 2.46. The lowest BCUT2D eigenvalue weighted by Crippen LogP contribution is -2.51. The van der Waals surface area contributed by atoms with Crippen molar-refractivity contribution >= 4 is 5.91 Å². The Balaban J connectivity index is 1.71. The molecule has 3 aromatic rings. The number of pyridine rings is 2. The van der Waals surface area contributed by atoms with Gasteiger partial charge in [-0.2, -0.15) is 13.2 Å². The molecule has 3 heterocycles. The van der Waals surface area contributed by atoms with Crippen LogP contribution < -0.4 is 25.3 Å². The van der Waals surface area contributed by atoms with Gasteiger partial charge in [0.05, 0.1) is 37.7 Å². The molecule has 0 bridgehead atoms. The number of nitrogens with two attached hydrogens (primary N) is 1. The third kappa shape index (κ3) is 5.50. The molecule has 1 amide bonds. The van der Waals surface area contributed by atoms with E-state index in [1.54, 1.807) is 6.92 Å². The van der Waals surface area contributed by atoms with E-state index in [4.69, 9.17) is 25.1 Å². The SMILES string of the molecule is COc1cc(C(=O)NC[C@@](O)(c2cc3c(c(-c4ccc(F)cc4)n2)OC[C@@]3(C)N)C(F)(F)F)ncc1OCCO. The molecule has 14 heteroatoms. The third-order valence-electron chi connectivity index (χ3n) is 6.25. The monoisotopic (exact) mass is 566 g/mol. The summed E-state index contributed by atoms with van der Waals surface area (Å²) in [6.07, 6.45) is -4.20. The minimum absolute atomic E-state index is 0.0474. The minimum atomic E-state index is -5.31. The number of carbonyl (C=O) groups excluding carboxylic acids is 1. The number of alkyl halides is 3. The molecular formula is C26H26F4N4O6. The van der Waals surface area contributed by atoms with Gasteiger partial charge in [0.15, 0.2) is 17.2 Å². The number of rotatable bonds is 9. The zero-order valence-corrected chi connectivity index (χ0v) is 21.4. The Morgan fingerprint density at radius 2 is 1.93 bits per heavy atom. The average Bonchev–Trinajstić information content (AvgIpc) is 3.23. The van der Waals surface area contributed by atoms with Crippen LogP contribution >= 0.6 is 0 Å². The van der Waals surface area contributed by atoms with Gasteiger partial charge < -0.3 is 35.5 Å². The van der Waals surface area contributed by atoms with Gasteiger partial charge in [-0.25, -0.2) is 14.4 Å². The first-order valence-corrected chi connectivity index (χ1v) is 11.9. The van der Waals surface area contributed by atoms with E-state index in [9.17, 15) is 27.5 Å². The first kappa shape index (κ1) is 29.0. The van der Waals surface area contributed by atoms with Crippen molar-refractivity contribution in [2.45, 2.75) is 24.2 Å². The standard InChI is InChI=1S/C26H26F4N4O6/c1-24(31)13-40-22-16(24)9-20(34-21(22)14-3-5-15(27)6-4-14)25(37,26(28,29)30)12-33-23(36)17-10-18(38-2)19(11-32-17)39-8-7-35/h3-6,9-11,35,37H,7-8,12-13,31H2,1-2H3,(H,33,36)/t24-,25-/m1/s1. The van der Waals surface area contributed by atoms with Crippen molar-refractivity contribution in [1.29, 1.82) is 0 Å². The third-order valence-corrected chi connectivity index (χ3v) is 6.25. The minimum Gasteiger partial charge on any atom is -0.493 e. The molecule has 0 radical (unpaired) electrons. The highest BCUT2D eigenvalue weighted by Gasteiger charge is 2.57. The Hall–Kier alpha value is -4.01. The van der Waals surface area contributed by atoms with Crippen molar-refractivity contribution in [3.63, 3.8) is 0 Å². The van der Waals surface area contributed by atoms with E-state index in [1.165, 1.54) is 19.2 Å². The summed E-state index contributed by atoms with van der Waals surface area (Å²) < 4.78 is 72.8. The number of amides is 1. The van der Waals surface area contributed by atoms with Gasteiger partial charge in [-0.15, -0.1) is 0 Å². The van der Waals surface area contributed by atoms with Gasteiger partial charge in [-0.05, 0) is 37.3 Å². The molecule has 0 unspecified atom stereocenters. The maximum Gasteiger partial charge on any atom is 0.424 e. The van der Waals surface area contributed by atoms with Crippen LogP contribution in [0.4, 0.5) is 17.6 Å². The van der Waals surface area contributed by atoms with Crippen molar-refractivity contribution in [3.05, 3.63) is 65.4 Å². The summed E-state index contributed by atoms with van der Waals surface area (Å²) in [5.41, 5.74) is 0.489. The van der Waals surface area contributed by atoms with Gasteiger partial charge in [0.25, 0.3) is 5.91 Å². The summed E-state index contributed by atoms with van der Waals surface area (Å²) in [4.78, 5) is 20.7. The molecule has 4 rings (SSSR count). The molecule has 1 aliphatic heterocycles. The van der Waals surface area contributed by atoms with E-state index in [0.717, 1.165) is 30.5 Å². The Labute approximate surface area is 225 Å². The molecule has 0 saturated heterocycles. The first-order chi connectivity index (χ1) is 18.8. The second-order valence-corrected chi connectivity index (χ2v) is 9.28. The molecule has 10 nitrogen and oxygen atoms in total. The average molecular weight is 567 g/mol. The van der Waals surface area contributed by atoms with Crippen LogP contribution in [0.1, 0.15) is 28.7 Å². The number of hydrogen-bond acceptors (Lipinski definition) is 9. The predicted octanol–water partition coefficient (Wildman–Crippen LogP) is 2.41. The van der Waals surface area contributed by atoms with Crippen molar-refractivity contribution in [2.24, 2.45) is 5.73 Å². The maximum absolute atomic E-state index is 14.4. The highest BCUT2D eigenvalue weighted by atomic mass is 19.4. The predicted molar refractivity (Wildman–Crippen MR) is 132 cm³/mol. The fraction of sp³-hybridized carbons (Fsp3) is 0.346. The van der Waals surface area contributed by atoms with Crippen molar-refractivity contribution < 1.29 is 46.8 Å². The van der Waals surface area contributed by atoms with Crippen LogP contribution in [-0.4, -0.2) is 65.7 Å². The van der Waals surface area contributed by atoms with E-state index < -0.39 is 41.3 Å². The fourth-order valence-electron chi connectivity index (χ4n) is 4.03. The van der Waals surface area contributed by atoms with Crippen molar-refractivity contribution in [3.8, 4) is 28.5 Å². The second kappa shape index (κ2) is 10.9. The van der Waals surface area contributed by atoms with Gasteiger partial charge in [0, 0.05) is 17.2 Å². The van der Waals surface area contributed by atoms with Crippen LogP contribution in [-0.2, 0) is 11.1 Å². The summed E-state index contributed by atoms with van der Waals surface area (Å²) in [5.74, 6) is -1.38. The molecule has 2 atom stereocenters. The number of methoxy groups -OCH3 is 1. The van der Waals surface area contributed by atoms with Crippen molar-refractivity contribution in [1.82, 2.24) is 15.3 Å². The van der Waals surface area contributed by atoms with E-state index in [-0.39, 0.29) is 59.6 Å². The Bertz CT molecular complexity index is 1400. The summed E-state index contributed by atoms with van der Waals surface area (Å²) >= 11 is 0. The van der Waals surface area contributed by atoms with Crippen LogP contribution in [0.3, 0.4) is 0 Å². The smallest absolute Gasteiger partial charge is 0.424 e. The van der Waals surface area contributed by atoms with Gasteiger partial charge in [0.2, 0.25) is 5.60 Å². The number of aliphatic hydroxyl groups is 2. The van der Waals surface area contributed by atoms with E-state index in [1.807, 2.05) is 0 Å². The lowest BCUT2D eigenvalue weighted by atomic mass is 9.89. The quantitative estimate of drug-likeness (QED) is 0.287. The molecular weight excluding hydrogens is 540 g/mol. The zero-order chi connectivity index (χ0) is 29.3. The Kier molecular flexibility index (Phi) is 7.87. The van der Waals surface area contributed by atoms with E-state index in [0.29, 0.717) is 0 Å². The molecule has 0 spiro atoms. The Morgan fingerprint density at radius 3 is 2.55 bits per heavy atom. The maximum atomic E-state index is 14.4.